The van der Waals surface area contributed by atoms with Gasteiger partial charge in [0.15, 0.2) is 0 Å². The Kier molecular flexibility index (Phi) is 5.28. The lowest BCUT2D eigenvalue weighted by molar-refractivity contribution is 0.399. The minimum atomic E-state index is 0.142. The number of ether oxygens (including phenoxy) is 1. The summed E-state index contributed by atoms with van der Waals surface area (Å²) in [4.78, 5) is 2.15. The number of rotatable bonds is 7. The highest BCUT2D eigenvalue weighted by Crippen LogP contribution is 2.31. The molecule has 0 spiro atoms. The predicted octanol–water partition coefficient (Wildman–Crippen LogP) is 3.91. The van der Waals surface area contributed by atoms with E-state index in [4.69, 9.17) is 9.15 Å². The number of methoxy groups -OCH3 is 1. The lowest BCUT2D eigenvalue weighted by atomic mass is 10.1. The molecule has 114 valence electrons. The summed E-state index contributed by atoms with van der Waals surface area (Å²) >= 11 is 0. The molecule has 0 fully saturated rings. The maximum atomic E-state index is 5.52. The van der Waals surface area contributed by atoms with Crippen molar-refractivity contribution < 1.29 is 9.15 Å². The first-order chi connectivity index (χ1) is 10.1. The van der Waals surface area contributed by atoms with E-state index < -0.39 is 0 Å². The third kappa shape index (κ3) is 4.02. The van der Waals surface area contributed by atoms with E-state index in [1.165, 1.54) is 5.56 Å². The van der Waals surface area contributed by atoms with Crippen LogP contribution in [-0.2, 0) is 6.54 Å². The average Bonchev–Trinajstić information content (AvgIpc) is 2.98. The second kappa shape index (κ2) is 7.18. The van der Waals surface area contributed by atoms with Gasteiger partial charge in [0.1, 0.15) is 11.5 Å². The molecule has 0 aliphatic rings. The van der Waals surface area contributed by atoms with Crippen LogP contribution in [0.5, 0.6) is 5.75 Å². The summed E-state index contributed by atoms with van der Waals surface area (Å²) in [5.74, 6) is 1.79. The molecule has 1 heterocycles. The van der Waals surface area contributed by atoms with Crippen molar-refractivity contribution in [3.63, 3.8) is 0 Å². The largest absolute Gasteiger partial charge is 0.495 e. The van der Waals surface area contributed by atoms with Crippen molar-refractivity contribution >= 4 is 5.69 Å². The van der Waals surface area contributed by atoms with Crippen molar-refractivity contribution in [3.05, 3.63) is 47.9 Å². The van der Waals surface area contributed by atoms with E-state index in [1.807, 2.05) is 18.2 Å². The number of furan rings is 1. The van der Waals surface area contributed by atoms with Crippen LogP contribution in [-0.4, -0.2) is 26.1 Å². The van der Waals surface area contributed by atoms with Gasteiger partial charge in [-0.15, -0.1) is 0 Å². The van der Waals surface area contributed by atoms with Crippen molar-refractivity contribution in [3.8, 4) is 5.75 Å². The smallest absolute Gasteiger partial charge is 0.141 e. The van der Waals surface area contributed by atoms with E-state index in [2.05, 4.69) is 43.4 Å². The summed E-state index contributed by atoms with van der Waals surface area (Å²) in [6, 6.07) is 10.3. The van der Waals surface area contributed by atoms with Gasteiger partial charge >= 0.3 is 0 Å². The molecule has 4 heteroatoms. The van der Waals surface area contributed by atoms with Gasteiger partial charge in [0.05, 0.1) is 25.1 Å². The van der Waals surface area contributed by atoms with Gasteiger partial charge in [0, 0.05) is 6.54 Å². The molecule has 2 aromatic rings. The quantitative estimate of drug-likeness (QED) is 0.838. The SMILES string of the molecule is CCC(Nc1cc(CN(C)C)ccc1OC)c1ccco1. The van der Waals surface area contributed by atoms with Gasteiger partial charge in [-0.05, 0) is 50.3 Å². The maximum absolute atomic E-state index is 5.52. The van der Waals surface area contributed by atoms with Gasteiger partial charge in [-0.25, -0.2) is 0 Å². The summed E-state index contributed by atoms with van der Waals surface area (Å²) in [6.07, 6.45) is 2.65. The number of anilines is 1. The van der Waals surface area contributed by atoms with E-state index in [-0.39, 0.29) is 6.04 Å². The molecule has 1 aromatic carbocycles. The van der Waals surface area contributed by atoms with Crippen LogP contribution >= 0.6 is 0 Å². The Hall–Kier alpha value is -1.94. The molecule has 1 unspecified atom stereocenters. The third-order valence-electron chi connectivity index (χ3n) is 3.39. The fourth-order valence-corrected chi connectivity index (χ4v) is 2.38. The van der Waals surface area contributed by atoms with Crippen molar-refractivity contribution in [1.29, 1.82) is 0 Å². The minimum absolute atomic E-state index is 0.142. The van der Waals surface area contributed by atoms with E-state index in [1.54, 1.807) is 13.4 Å². The Morgan fingerprint density at radius 3 is 2.67 bits per heavy atom. The second-order valence-electron chi connectivity index (χ2n) is 5.39. The highest BCUT2D eigenvalue weighted by atomic mass is 16.5. The zero-order chi connectivity index (χ0) is 15.2. The molecule has 0 radical (unpaired) electrons. The van der Waals surface area contributed by atoms with Crippen LogP contribution in [0, 0.1) is 0 Å². The maximum Gasteiger partial charge on any atom is 0.141 e. The van der Waals surface area contributed by atoms with Gasteiger partial charge in [-0.2, -0.15) is 0 Å². The van der Waals surface area contributed by atoms with E-state index in [0.717, 1.165) is 30.2 Å². The number of nitrogens with one attached hydrogen (secondary N) is 1. The molecule has 0 saturated heterocycles. The molecule has 0 amide bonds. The Labute approximate surface area is 126 Å². The van der Waals surface area contributed by atoms with Crippen molar-refractivity contribution in [2.75, 3.05) is 26.5 Å². The summed E-state index contributed by atoms with van der Waals surface area (Å²) in [6.45, 7) is 3.03. The number of hydrogen-bond acceptors (Lipinski definition) is 4. The van der Waals surface area contributed by atoms with Gasteiger partial charge in [0.25, 0.3) is 0 Å². The molecule has 1 atom stereocenters. The molecule has 0 aliphatic heterocycles. The molecular formula is C17H24N2O2. The molecule has 4 nitrogen and oxygen atoms in total. The summed E-state index contributed by atoms with van der Waals surface area (Å²) in [7, 11) is 5.82. The first kappa shape index (κ1) is 15.4. The third-order valence-corrected chi connectivity index (χ3v) is 3.39. The van der Waals surface area contributed by atoms with Gasteiger partial charge < -0.3 is 19.4 Å². The summed E-state index contributed by atoms with van der Waals surface area (Å²) in [5.41, 5.74) is 2.25. The van der Waals surface area contributed by atoms with E-state index in [0.29, 0.717) is 0 Å². The molecular weight excluding hydrogens is 264 g/mol. The van der Waals surface area contributed by atoms with Crippen molar-refractivity contribution in [1.82, 2.24) is 4.90 Å². The molecule has 21 heavy (non-hydrogen) atoms. The fourth-order valence-electron chi connectivity index (χ4n) is 2.38. The number of hydrogen-bond donors (Lipinski definition) is 1. The minimum Gasteiger partial charge on any atom is -0.495 e. The molecule has 2 rings (SSSR count). The highest BCUT2D eigenvalue weighted by molar-refractivity contribution is 5.59. The molecule has 0 aliphatic carbocycles. The summed E-state index contributed by atoms with van der Waals surface area (Å²) in [5, 5.41) is 3.53. The lowest BCUT2D eigenvalue weighted by Gasteiger charge is -2.20. The molecule has 1 N–H and O–H groups in total. The first-order valence-corrected chi connectivity index (χ1v) is 7.25. The number of benzene rings is 1. The van der Waals surface area contributed by atoms with Crippen LogP contribution in [0.3, 0.4) is 0 Å². The molecule has 0 bridgehead atoms. The Morgan fingerprint density at radius 2 is 2.10 bits per heavy atom. The average molecular weight is 288 g/mol. The Morgan fingerprint density at radius 1 is 1.29 bits per heavy atom. The first-order valence-electron chi connectivity index (χ1n) is 7.25. The van der Waals surface area contributed by atoms with Gasteiger partial charge in [-0.1, -0.05) is 13.0 Å². The van der Waals surface area contributed by atoms with Crippen molar-refractivity contribution in [2.45, 2.75) is 25.9 Å². The van der Waals surface area contributed by atoms with E-state index in [9.17, 15) is 0 Å². The predicted molar refractivity (Wildman–Crippen MR) is 85.7 cm³/mol. The number of nitrogens with zero attached hydrogens (tertiary/aromatic N) is 1. The summed E-state index contributed by atoms with van der Waals surface area (Å²) < 4.78 is 11.0. The normalized spacial score (nSPS) is 12.4. The zero-order valence-electron chi connectivity index (χ0n) is 13.2. The topological polar surface area (TPSA) is 37.6 Å². The van der Waals surface area contributed by atoms with Crippen molar-refractivity contribution in [2.24, 2.45) is 0 Å². The van der Waals surface area contributed by atoms with Crippen LogP contribution < -0.4 is 10.1 Å². The Bertz CT molecular complexity index is 550. The van der Waals surface area contributed by atoms with Gasteiger partial charge in [-0.3, -0.25) is 0 Å². The standard InChI is InChI=1S/C17H24N2O2/c1-5-14(17-7-6-10-21-17)18-15-11-13(12-19(2)3)8-9-16(15)20-4/h6-11,14,18H,5,12H2,1-4H3. The van der Waals surface area contributed by atoms with Gasteiger partial charge in [0.2, 0.25) is 0 Å². The van der Waals surface area contributed by atoms with E-state index >= 15 is 0 Å². The fraction of sp³-hybridized carbons (Fsp3) is 0.412. The van der Waals surface area contributed by atoms with Crippen LogP contribution in [0.4, 0.5) is 5.69 Å². The Balaban J connectivity index is 2.23. The molecule has 1 aromatic heterocycles. The molecule has 0 saturated carbocycles. The second-order valence-corrected chi connectivity index (χ2v) is 5.39. The zero-order valence-corrected chi connectivity index (χ0v) is 13.2. The van der Waals surface area contributed by atoms with Crippen LogP contribution in [0.2, 0.25) is 0 Å². The van der Waals surface area contributed by atoms with Crippen LogP contribution in [0.1, 0.15) is 30.7 Å². The van der Waals surface area contributed by atoms with Crippen LogP contribution in [0.25, 0.3) is 0 Å². The highest BCUT2D eigenvalue weighted by Gasteiger charge is 2.14. The monoisotopic (exact) mass is 288 g/mol. The lowest BCUT2D eigenvalue weighted by Crippen LogP contribution is -2.13. The van der Waals surface area contributed by atoms with Crippen LogP contribution in [0.15, 0.2) is 41.0 Å².